The molecule has 0 saturated carbocycles. The summed E-state index contributed by atoms with van der Waals surface area (Å²) in [6.45, 7) is 1.90. The number of rotatable bonds is 6. The average Bonchev–Trinajstić information content (AvgIpc) is 3.37. The minimum atomic E-state index is -3.78. The molecule has 0 aliphatic carbocycles. The summed E-state index contributed by atoms with van der Waals surface area (Å²) in [7, 11) is -3.78. The predicted octanol–water partition coefficient (Wildman–Crippen LogP) is 3.89. The van der Waals surface area contributed by atoms with Gasteiger partial charge in [0.05, 0.1) is 10.6 Å². The van der Waals surface area contributed by atoms with Gasteiger partial charge in [-0.15, -0.1) is 11.3 Å². The van der Waals surface area contributed by atoms with Crippen molar-refractivity contribution >= 4 is 38.9 Å². The van der Waals surface area contributed by atoms with Gasteiger partial charge in [-0.25, -0.2) is 28.0 Å². The van der Waals surface area contributed by atoms with Crippen molar-refractivity contribution in [3.05, 3.63) is 81.4 Å². The number of nitrogens with two attached hydrogens (primary N) is 1. The van der Waals surface area contributed by atoms with Crippen molar-refractivity contribution in [2.24, 2.45) is 5.14 Å². The second-order valence-corrected chi connectivity index (χ2v) is 9.90. The van der Waals surface area contributed by atoms with E-state index in [2.05, 4.69) is 10.1 Å². The molecule has 0 unspecified atom stereocenters. The first-order valence-electron chi connectivity index (χ1n) is 9.28. The zero-order valence-electron chi connectivity index (χ0n) is 16.7. The van der Waals surface area contributed by atoms with E-state index < -0.39 is 16.0 Å². The molecule has 32 heavy (non-hydrogen) atoms. The topological polar surface area (TPSA) is 128 Å². The van der Waals surface area contributed by atoms with Crippen LogP contribution in [0.3, 0.4) is 0 Å². The summed E-state index contributed by atoms with van der Waals surface area (Å²) in [5.41, 5.74) is 4.02. The quantitative estimate of drug-likeness (QED) is 0.423. The van der Waals surface area contributed by atoms with Crippen LogP contribution in [0.25, 0.3) is 16.4 Å². The maximum atomic E-state index is 11.5. The van der Waals surface area contributed by atoms with Crippen molar-refractivity contribution in [3.8, 4) is 16.4 Å². The third-order valence-electron chi connectivity index (χ3n) is 4.79. The number of aromatic carboxylic acids is 1. The van der Waals surface area contributed by atoms with Crippen LogP contribution in [0.1, 0.15) is 27.2 Å². The summed E-state index contributed by atoms with van der Waals surface area (Å²) in [6.07, 6.45) is 2.23. The Bertz CT molecular complexity index is 1430. The van der Waals surface area contributed by atoms with Gasteiger partial charge >= 0.3 is 5.97 Å². The Morgan fingerprint density at radius 2 is 1.94 bits per heavy atom. The van der Waals surface area contributed by atoms with Crippen LogP contribution in [-0.2, 0) is 16.4 Å². The maximum absolute atomic E-state index is 11.5. The van der Waals surface area contributed by atoms with Crippen LogP contribution in [0.2, 0.25) is 5.02 Å². The SMILES string of the molecule is Cc1ccc(-c2nn(-c3nc(C(=O)O)cs3)cc2Cc2ccc(S(N)(=O)=O)cc2)cc1Cl. The normalized spacial score (nSPS) is 11.6. The Hall–Kier alpha value is -3.05. The summed E-state index contributed by atoms with van der Waals surface area (Å²) >= 11 is 7.49. The van der Waals surface area contributed by atoms with Gasteiger partial charge in [-0.3, -0.25) is 0 Å². The Kier molecular flexibility index (Phi) is 5.87. The number of carbonyl (C=O) groups is 1. The standard InChI is InChI=1S/C21H17ClN4O4S2/c1-12-2-5-14(9-17(12)22)19-15(8-13-3-6-16(7-4-13)32(23,29)30)10-26(25-19)21-24-18(11-31-21)20(27)28/h2-7,9-11H,8H2,1H3,(H,27,28)(H2,23,29,30). The first kappa shape index (κ1) is 22.2. The van der Waals surface area contributed by atoms with Crippen LogP contribution >= 0.6 is 22.9 Å². The summed E-state index contributed by atoms with van der Waals surface area (Å²) < 4.78 is 24.6. The van der Waals surface area contributed by atoms with E-state index in [-0.39, 0.29) is 10.6 Å². The molecule has 0 fully saturated rings. The molecule has 2 aromatic carbocycles. The molecule has 0 spiro atoms. The van der Waals surface area contributed by atoms with Crippen LogP contribution in [0.5, 0.6) is 0 Å². The number of carboxylic acid groups (broad SMARTS) is 1. The second-order valence-electron chi connectivity index (χ2n) is 7.10. The first-order valence-corrected chi connectivity index (χ1v) is 12.1. The number of halogens is 1. The molecule has 0 radical (unpaired) electrons. The zero-order chi connectivity index (χ0) is 23.0. The van der Waals surface area contributed by atoms with E-state index in [1.807, 2.05) is 25.1 Å². The number of hydrogen-bond acceptors (Lipinski definition) is 6. The molecular weight excluding hydrogens is 472 g/mol. The van der Waals surface area contributed by atoms with Gasteiger partial charge in [0.2, 0.25) is 15.2 Å². The predicted molar refractivity (Wildman–Crippen MR) is 122 cm³/mol. The summed E-state index contributed by atoms with van der Waals surface area (Å²) in [5.74, 6) is -1.11. The number of thiazole rings is 1. The van der Waals surface area contributed by atoms with Gasteiger partial charge in [-0.05, 0) is 36.2 Å². The molecule has 0 bridgehead atoms. The van der Waals surface area contributed by atoms with Crippen molar-refractivity contribution in [2.75, 3.05) is 0 Å². The van der Waals surface area contributed by atoms with Gasteiger partial charge in [-0.2, -0.15) is 5.10 Å². The Morgan fingerprint density at radius 1 is 1.22 bits per heavy atom. The van der Waals surface area contributed by atoms with E-state index in [0.29, 0.717) is 22.3 Å². The van der Waals surface area contributed by atoms with E-state index in [4.69, 9.17) is 21.8 Å². The van der Waals surface area contributed by atoms with Gasteiger partial charge in [0.15, 0.2) is 5.69 Å². The molecule has 0 amide bonds. The Balaban J connectivity index is 1.77. The monoisotopic (exact) mass is 488 g/mol. The number of nitrogens with zero attached hydrogens (tertiary/aromatic N) is 3. The van der Waals surface area contributed by atoms with Crippen LogP contribution in [0.4, 0.5) is 0 Å². The minimum absolute atomic E-state index is 0.0338. The molecule has 0 aliphatic heterocycles. The summed E-state index contributed by atoms with van der Waals surface area (Å²) in [4.78, 5) is 15.3. The van der Waals surface area contributed by atoms with Gasteiger partial charge in [0, 0.05) is 34.1 Å². The molecule has 4 aromatic rings. The lowest BCUT2D eigenvalue weighted by molar-refractivity contribution is 0.0691. The van der Waals surface area contributed by atoms with Crippen molar-refractivity contribution < 1.29 is 18.3 Å². The van der Waals surface area contributed by atoms with E-state index in [1.54, 1.807) is 18.3 Å². The number of aryl methyl sites for hydroxylation is 1. The van der Waals surface area contributed by atoms with Gasteiger partial charge in [0.25, 0.3) is 0 Å². The fraction of sp³-hybridized carbons (Fsp3) is 0.0952. The van der Waals surface area contributed by atoms with Crippen molar-refractivity contribution in [2.45, 2.75) is 18.2 Å². The Labute approximate surface area is 193 Å². The minimum Gasteiger partial charge on any atom is -0.476 e. The highest BCUT2D eigenvalue weighted by molar-refractivity contribution is 7.89. The smallest absolute Gasteiger partial charge is 0.355 e. The lowest BCUT2D eigenvalue weighted by Crippen LogP contribution is -2.11. The molecule has 8 nitrogen and oxygen atoms in total. The van der Waals surface area contributed by atoms with Crippen LogP contribution in [0.15, 0.2) is 58.9 Å². The highest BCUT2D eigenvalue weighted by Crippen LogP contribution is 2.30. The Morgan fingerprint density at radius 3 is 2.53 bits per heavy atom. The molecular formula is C21H17ClN4O4S2. The van der Waals surface area contributed by atoms with Crippen LogP contribution < -0.4 is 5.14 Å². The number of aromatic nitrogens is 3. The summed E-state index contributed by atoms with van der Waals surface area (Å²) in [5, 5.41) is 21.4. The van der Waals surface area contributed by atoms with E-state index >= 15 is 0 Å². The maximum Gasteiger partial charge on any atom is 0.355 e. The average molecular weight is 489 g/mol. The zero-order valence-corrected chi connectivity index (χ0v) is 19.1. The molecule has 11 heteroatoms. The van der Waals surface area contributed by atoms with E-state index in [1.165, 1.54) is 33.5 Å². The number of primary sulfonamides is 1. The molecule has 3 N–H and O–H groups in total. The molecule has 164 valence electrons. The molecule has 0 aliphatic rings. The molecule has 2 heterocycles. The fourth-order valence-corrected chi connectivity index (χ4v) is 4.52. The van der Waals surface area contributed by atoms with Crippen LogP contribution in [-0.4, -0.2) is 34.3 Å². The van der Waals surface area contributed by atoms with Crippen molar-refractivity contribution in [3.63, 3.8) is 0 Å². The number of sulfonamides is 1. The lowest BCUT2D eigenvalue weighted by atomic mass is 10.0. The summed E-state index contributed by atoms with van der Waals surface area (Å²) in [6, 6.07) is 11.9. The van der Waals surface area contributed by atoms with E-state index in [0.717, 1.165) is 22.3 Å². The van der Waals surface area contributed by atoms with Gasteiger partial charge < -0.3 is 5.11 Å². The molecule has 0 saturated heterocycles. The highest BCUT2D eigenvalue weighted by Gasteiger charge is 2.17. The number of hydrogen-bond donors (Lipinski definition) is 2. The van der Waals surface area contributed by atoms with Gasteiger partial charge in [0.1, 0.15) is 0 Å². The van der Waals surface area contributed by atoms with Gasteiger partial charge in [-0.1, -0.05) is 35.9 Å². The van der Waals surface area contributed by atoms with E-state index in [9.17, 15) is 13.2 Å². The molecule has 0 atom stereocenters. The fourth-order valence-electron chi connectivity index (χ4n) is 3.10. The highest BCUT2D eigenvalue weighted by atomic mass is 35.5. The molecule has 2 aromatic heterocycles. The number of carboxylic acids is 1. The first-order chi connectivity index (χ1) is 15.1. The largest absolute Gasteiger partial charge is 0.476 e. The lowest BCUT2D eigenvalue weighted by Gasteiger charge is -2.06. The third-order valence-corrected chi connectivity index (χ3v) is 6.96. The third kappa shape index (κ3) is 4.58. The van der Waals surface area contributed by atoms with Crippen LogP contribution in [0, 0.1) is 6.92 Å². The van der Waals surface area contributed by atoms with Crippen molar-refractivity contribution in [1.29, 1.82) is 0 Å². The molecule has 4 rings (SSSR count). The second kappa shape index (κ2) is 8.47. The van der Waals surface area contributed by atoms with Crippen molar-refractivity contribution in [1.82, 2.24) is 14.8 Å². The number of benzene rings is 2.